The van der Waals surface area contributed by atoms with Gasteiger partial charge in [0.05, 0.1) is 20.6 Å². The number of carbonyl (C=O) groups excluding carboxylic acids is 1. The first kappa shape index (κ1) is 23.5. The number of amides is 1. The summed E-state index contributed by atoms with van der Waals surface area (Å²) in [6, 6.07) is 7.59. The molecule has 0 bridgehead atoms. The number of sulfonamides is 1. The Morgan fingerprint density at radius 3 is 2.39 bits per heavy atom. The molecular weight excluding hydrogens is 465 g/mol. The van der Waals surface area contributed by atoms with Crippen molar-refractivity contribution in [1.82, 2.24) is 4.72 Å². The summed E-state index contributed by atoms with van der Waals surface area (Å²) in [5, 5.41) is 3.26. The normalized spacial score (nSPS) is 13.1. The molecule has 4 N–H and O–H groups in total. The first-order valence-electron chi connectivity index (χ1n) is 9.70. The average molecular weight is 488 g/mol. The van der Waals surface area contributed by atoms with Crippen LogP contribution in [-0.4, -0.2) is 34.1 Å². The van der Waals surface area contributed by atoms with Crippen LogP contribution in [0.25, 0.3) is 0 Å². The SMILES string of the molecule is Nc1c(Cl)cc(NC(=O)CCCCCNS(=O)(=O)c2ccc3c(c2)OCCO3)cc1Cl. The number of halogens is 2. The zero-order valence-corrected chi connectivity index (χ0v) is 18.9. The number of rotatable bonds is 9. The molecule has 2 aromatic carbocycles. The molecule has 1 amide bonds. The van der Waals surface area contributed by atoms with Crippen LogP contribution in [0, 0.1) is 0 Å². The van der Waals surface area contributed by atoms with E-state index in [-0.39, 0.29) is 39.5 Å². The Labute approximate surface area is 191 Å². The van der Waals surface area contributed by atoms with E-state index in [1.54, 1.807) is 6.07 Å². The summed E-state index contributed by atoms with van der Waals surface area (Å²) in [7, 11) is -3.65. The van der Waals surface area contributed by atoms with E-state index in [0.29, 0.717) is 49.7 Å². The van der Waals surface area contributed by atoms with Gasteiger partial charge >= 0.3 is 0 Å². The van der Waals surface area contributed by atoms with Crippen molar-refractivity contribution in [2.75, 3.05) is 30.8 Å². The molecule has 0 saturated carbocycles. The number of nitrogen functional groups attached to an aromatic ring is 1. The number of hydrogen-bond donors (Lipinski definition) is 3. The number of ether oxygens (including phenoxy) is 2. The van der Waals surface area contributed by atoms with Gasteiger partial charge in [0.15, 0.2) is 11.5 Å². The molecule has 31 heavy (non-hydrogen) atoms. The Hall–Kier alpha value is -2.20. The van der Waals surface area contributed by atoms with Crippen LogP contribution in [0.4, 0.5) is 11.4 Å². The molecule has 1 aliphatic heterocycles. The monoisotopic (exact) mass is 487 g/mol. The maximum absolute atomic E-state index is 12.4. The molecule has 2 aromatic rings. The van der Waals surface area contributed by atoms with Crippen molar-refractivity contribution in [3.8, 4) is 11.5 Å². The highest BCUT2D eigenvalue weighted by molar-refractivity contribution is 7.89. The standard InChI is InChI=1S/C20H23Cl2N3O5S/c21-15-10-13(11-16(22)20(15)23)25-19(26)4-2-1-3-7-24-31(27,28)14-5-6-17-18(12-14)30-9-8-29-17/h5-6,10-12,24H,1-4,7-9,23H2,(H,25,26). The van der Waals surface area contributed by atoms with Gasteiger partial charge in [0, 0.05) is 24.7 Å². The molecule has 11 heteroatoms. The van der Waals surface area contributed by atoms with E-state index in [1.807, 2.05) is 0 Å². The first-order valence-corrected chi connectivity index (χ1v) is 11.9. The van der Waals surface area contributed by atoms with Crippen molar-refractivity contribution >= 4 is 50.5 Å². The number of fused-ring (bicyclic) bond motifs is 1. The fourth-order valence-corrected chi connectivity index (χ4v) is 4.52. The molecular formula is C20H23Cl2N3O5S. The number of nitrogens with two attached hydrogens (primary N) is 1. The second-order valence-corrected chi connectivity index (χ2v) is 9.50. The molecule has 1 heterocycles. The van der Waals surface area contributed by atoms with Gasteiger partial charge in [-0.2, -0.15) is 0 Å². The van der Waals surface area contributed by atoms with Crippen molar-refractivity contribution < 1.29 is 22.7 Å². The van der Waals surface area contributed by atoms with Crippen LogP contribution in [0.3, 0.4) is 0 Å². The zero-order valence-electron chi connectivity index (χ0n) is 16.6. The van der Waals surface area contributed by atoms with Gasteiger partial charge in [-0.3, -0.25) is 4.79 Å². The third kappa shape index (κ3) is 6.39. The molecule has 3 rings (SSSR count). The van der Waals surface area contributed by atoms with Gasteiger partial charge in [0.2, 0.25) is 15.9 Å². The fourth-order valence-electron chi connectivity index (χ4n) is 2.95. The van der Waals surface area contributed by atoms with E-state index in [9.17, 15) is 13.2 Å². The summed E-state index contributed by atoms with van der Waals surface area (Å²) in [4.78, 5) is 12.2. The molecule has 0 aromatic heterocycles. The predicted octanol–water partition coefficient (Wildman–Crippen LogP) is 3.82. The van der Waals surface area contributed by atoms with Gasteiger partial charge in [0.25, 0.3) is 0 Å². The molecule has 0 fully saturated rings. The van der Waals surface area contributed by atoms with Crippen LogP contribution in [-0.2, 0) is 14.8 Å². The van der Waals surface area contributed by atoms with Gasteiger partial charge in [-0.25, -0.2) is 13.1 Å². The van der Waals surface area contributed by atoms with E-state index in [0.717, 1.165) is 0 Å². The lowest BCUT2D eigenvalue weighted by molar-refractivity contribution is -0.116. The Kier molecular flexibility index (Phi) is 7.88. The molecule has 1 aliphatic rings. The van der Waals surface area contributed by atoms with Crippen LogP contribution < -0.4 is 25.2 Å². The minimum atomic E-state index is -3.65. The Morgan fingerprint density at radius 1 is 1.00 bits per heavy atom. The van der Waals surface area contributed by atoms with Crippen molar-refractivity contribution in [2.45, 2.75) is 30.6 Å². The third-order valence-corrected chi connectivity index (χ3v) is 6.64. The Morgan fingerprint density at radius 2 is 1.68 bits per heavy atom. The second kappa shape index (κ2) is 10.4. The van der Waals surface area contributed by atoms with Crippen molar-refractivity contribution in [3.05, 3.63) is 40.4 Å². The molecule has 0 atom stereocenters. The highest BCUT2D eigenvalue weighted by Crippen LogP contribution is 2.32. The number of unbranched alkanes of at least 4 members (excludes halogenated alkanes) is 2. The van der Waals surface area contributed by atoms with E-state index in [4.69, 9.17) is 38.4 Å². The molecule has 168 valence electrons. The van der Waals surface area contributed by atoms with Gasteiger partial charge in [-0.15, -0.1) is 0 Å². The highest BCUT2D eigenvalue weighted by atomic mass is 35.5. The topological polar surface area (TPSA) is 120 Å². The molecule has 8 nitrogen and oxygen atoms in total. The molecule has 0 unspecified atom stereocenters. The second-order valence-electron chi connectivity index (χ2n) is 6.92. The molecule has 0 spiro atoms. The summed E-state index contributed by atoms with van der Waals surface area (Å²) >= 11 is 11.9. The molecule has 0 radical (unpaired) electrons. The van der Waals surface area contributed by atoms with Crippen LogP contribution in [0.5, 0.6) is 11.5 Å². The van der Waals surface area contributed by atoms with E-state index in [1.165, 1.54) is 24.3 Å². The Bertz CT molecular complexity index is 1040. The third-order valence-electron chi connectivity index (χ3n) is 4.56. The van der Waals surface area contributed by atoms with Gasteiger partial charge in [0.1, 0.15) is 13.2 Å². The number of hydrogen-bond acceptors (Lipinski definition) is 6. The van der Waals surface area contributed by atoms with Crippen LogP contribution in [0.2, 0.25) is 10.0 Å². The summed E-state index contributed by atoms with van der Waals surface area (Å²) in [6.07, 6.45) is 2.17. The average Bonchev–Trinajstić information content (AvgIpc) is 2.74. The number of carbonyl (C=O) groups is 1. The summed E-state index contributed by atoms with van der Waals surface area (Å²) in [5.74, 6) is 0.768. The van der Waals surface area contributed by atoms with Gasteiger partial charge < -0.3 is 20.5 Å². The number of anilines is 2. The van der Waals surface area contributed by atoms with E-state index >= 15 is 0 Å². The number of nitrogens with one attached hydrogen (secondary N) is 2. The lowest BCUT2D eigenvalue weighted by Crippen LogP contribution is -2.25. The fraction of sp³-hybridized carbons (Fsp3) is 0.350. The summed E-state index contributed by atoms with van der Waals surface area (Å²) in [5.41, 5.74) is 6.41. The smallest absolute Gasteiger partial charge is 0.240 e. The van der Waals surface area contributed by atoms with Crippen molar-refractivity contribution in [1.29, 1.82) is 0 Å². The lowest BCUT2D eigenvalue weighted by Gasteiger charge is -2.18. The first-order chi connectivity index (χ1) is 14.8. The van der Waals surface area contributed by atoms with E-state index < -0.39 is 10.0 Å². The van der Waals surface area contributed by atoms with Gasteiger partial charge in [-0.1, -0.05) is 29.6 Å². The van der Waals surface area contributed by atoms with Crippen LogP contribution in [0.1, 0.15) is 25.7 Å². The lowest BCUT2D eigenvalue weighted by atomic mass is 10.2. The van der Waals surface area contributed by atoms with Crippen molar-refractivity contribution in [2.24, 2.45) is 0 Å². The summed E-state index contributed by atoms with van der Waals surface area (Å²) < 4.78 is 38.3. The molecule has 0 aliphatic carbocycles. The minimum absolute atomic E-state index is 0.122. The van der Waals surface area contributed by atoms with Crippen LogP contribution >= 0.6 is 23.2 Å². The Balaban J connectivity index is 1.38. The summed E-state index contributed by atoms with van der Waals surface area (Å²) in [6.45, 7) is 1.09. The minimum Gasteiger partial charge on any atom is -0.486 e. The van der Waals surface area contributed by atoms with Crippen LogP contribution in [0.15, 0.2) is 35.2 Å². The maximum Gasteiger partial charge on any atom is 0.240 e. The quantitative estimate of drug-likeness (QED) is 0.365. The number of benzene rings is 2. The molecule has 0 saturated heterocycles. The zero-order chi connectivity index (χ0) is 22.4. The predicted molar refractivity (Wildman–Crippen MR) is 121 cm³/mol. The van der Waals surface area contributed by atoms with Crippen molar-refractivity contribution in [3.63, 3.8) is 0 Å². The van der Waals surface area contributed by atoms with Gasteiger partial charge in [-0.05, 0) is 37.1 Å². The maximum atomic E-state index is 12.4. The van der Waals surface area contributed by atoms with E-state index in [2.05, 4.69) is 10.0 Å². The highest BCUT2D eigenvalue weighted by Gasteiger charge is 2.19. The largest absolute Gasteiger partial charge is 0.486 e.